The van der Waals surface area contributed by atoms with Crippen molar-refractivity contribution in [1.82, 2.24) is 24.7 Å². The normalized spacial score (nSPS) is 18.2. The van der Waals surface area contributed by atoms with E-state index in [1.54, 1.807) is 6.20 Å². The van der Waals surface area contributed by atoms with E-state index >= 15 is 0 Å². The summed E-state index contributed by atoms with van der Waals surface area (Å²) in [6.07, 6.45) is 7.87. The first-order valence-corrected chi connectivity index (χ1v) is 12.2. The topological polar surface area (TPSA) is 101 Å². The number of benzene rings is 2. The minimum atomic E-state index is -0.00192. The smallest absolute Gasteiger partial charge is 0.251 e. The molecule has 0 aliphatic heterocycles. The number of nitrogen functional groups attached to an aromatic ring is 1. The van der Waals surface area contributed by atoms with Crippen LogP contribution in [0, 0.1) is 5.92 Å². The Kier molecular flexibility index (Phi) is 5.45. The molecule has 6 rings (SSSR count). The van der Waals surface area contributed by atoms with E-state index in [1.165, 1.54) is 0 Å². The number of hydrogen-bond donors (Lipinski definition) is 3. The van der Waals surface area contributed by atoms with Crippen LogP contribution >= 0.6 is 0 Å². The van der Waals surface area contributed by atoms with E-state index in [1.807, 2.05) is 48.7 Å². The number of aromatic nitrogens is 4. The molecule has 0 radical (unpaired) electrons. The molecule has 2 aromatic carbocycles. The molecule has 3 aromatic heterocycles. The highest BCUT2D eigenvalue weighted by Crippen LogP contribution is 2.38. The molecule has 3 heterocycles. The Labute approximate surface area is 203 Å². The van der Waals surface area contributed by atoms with Crippen molar-refractivity contribution < 1.29 is 4.79 Å². The average molecular weight is 465 g/mol. The SMILES string of the molecule is Nc1nccn2c(C3CCC(CNC(=O)c4ccccc4)CC3)nc(-c3cc4ccccc4[nH]3)c12. The zero-order valence-corrected chi connectivity index (χ0v) is 19.4. The number of anilines is 1. The van der Waals surface area contributed by atoms with Gasteiger partial charge in [-0.2, -0.15) is 0 Å². The number of aromatic amines is 1. The molecule has 0 saturated heterocycles. The van der Waals surface area contributed by atoms with Crippen molar-refractivity contribution in [2.75, 3.05) is 12.3 Å². The van der Waals surface area contributed by atoms with E-state index in [-0.39, 0.29) is 5.91 Å². The van der Waals surface area contributed by atoms with Gasteiger partial charge in [0.2, 0.25) is 0 Å². The fourth-order valence-corrected chi connectivity index (χ4v) is 5.32. The Balaban J connectivity index is 1.21. The minimum absolute atomic E-state index is 0.00192. The van der Waals surface area contributed by atoms with Gasteiger partial charge in [-0.1, -0.05) is 36.4 Å². The summed E-state index contributed by atoms with van der Waals surface area (Å²) in [5, 5.41) is 4.25. The number of nitrogens with one attached hydrogen (secondary N) is 2. The first-order valence-electron chi connectivity index (χ1n) is 12.2. The molecular weight excluding hydrogens is 436 g/mol. The van der Waals surface area contributed by atoms with Gasteiger partial charge in [-0.3, -0.25) is 9.20 Å². The summed E-state index contributed by atoms with van der Waals surface area (Å²) in [5.41, 5.74) is 10.8. The number of carbonyl (C=O) groups is 1. The number of carbonyl (C=O) groups excluding carboxylic acids is 1. The number of nitrogens with two attached hydrogens (primary N) is 1. The molecule has 176 valence electrons. The van der Waals surface area contributed by atoms with Crippen LogP contribution in [0.15, 0.2) is 73.1 Å². The van der Waals surface area contributed by atoms with Gasteiger partial charge in [0, 0.05) is 41.3 Å². The monoisotopic (exact) mass is 464 g/mol. The van der Waals surface area contributed by atoms with E-state index in [4.69, 9.17) is 10.7 Å². The van der Waals surface area contributed by atoms with Crippen LogP contribution in [0.4, 0.5) is 5.82 Å². The molecule has 1 aliphatic carbocycles. The third-order valence-corrected chi connectivity index (χ3v) is 7.19. The summed E-state index contributed by atoms with van der Waals surface area (Å²) in [5.74, 6) is 2.33. The molecule has 5 aromatic rings. The molecule has 0 spiro atoms. The Morgan fingerprint density at radius 2 is 1.83 bits per heavy atom. The molecule has 1 amide bonds. The predicted octanol–water partition coefficient (Wildman–Crippen LogP) is 5.16. The maximum absolute atomic E-state index is 12.4. The summed E-state index contributed by atoms with van der Waals surface area (Å²) in [6.45, 7) is 0.708. The second-order valence-electron chi connectivity index (χ2n) is 9.41. The quantitative estimate of drug-likeness (QED) is 0.334. The third-order valence-electron chi connectivity index (χ3n) is 7.19. The van der Waals surface area contributed by atoms with E-state index < -0.39 is 0 Å². The lowest BCUT2D eigenvalue weighted by atomic mass is 9.81. The zero-order valence-electron chi connectivity index (χ0n) is 19.4. The summed E-state index contributed by atoms with van der Waals surface area (Å²) >= 11 is 0. The van der Waals surface area contributed by atoms with Crippen LogP contribution in [0.5, 0.6) is 0 Å². The zero-order chi connectivity index (χ0) is 23.8. The van der Waals surface area contributed by atoms with Crippen LogP contribution in [-0.2, 0) is 0 Å². The minimum Gasteiger partial charge on any atom is -0.382 e. The van der Waals surface area contributed by atoms with Crippen LogP contribution in [0.3, 0.4) is 0 Å². The molecule has 4 N–H and O–H groups in total. The highest BCUT2D eigenvalue weighted by Gasteiger charge is 2.28. The third kappa shape index (κ3) is 4.03. The van der Waals surface area contributed by atoms with Gasteiger partial charge >= 0.3 is 0 Å². The van der Waals surface area contributed by atoms with Crippen LogP contribution in [0.25, 0.3) is 27.8 Å². The highest BCUT2D eigenvalue weighted by atomic mass is 16.1. The maximum Gasteiger partial charge on any atom is 0.251 e. The number of H-pyrrole nitrogens is 1. The molecule has 7 heteroatoms. The first-order chi connectivity index (χ1) is 17.2. The standard InChI is InChI=1S/C28H28N6O/c29-26-25-24(23-16-21-8-4-5-9-22(21)32-23)33-27(34(25)15-14-30-26)19-12-10-18(11-13-19)17-31-28(35)20-6-2-1-3-7-20/h1-9,14-16,18-19,32H,10-13,17H2,(H2,29,30)(H,31,35). The maximum atomic E-state index is 12.4. The Morgan fingerprint density at radius 3 is 2.63 bits per heavy atom. The lowest BCUT2D eigenvalue weighted by molar-refractivity contribution is 0.0942. The molecule has 0 unspecified atom stereocenters. The van der Waals surface area contributed by atoms with Crippen molar-refractivity contribution in [1.29, 1.82) is 0 Å². The van der Waals surface area contributed by atoms with Gasteiger partial charge in [0.05, 0.1) is 5.69 Å². The summed E-state index contributed by atoms with van der Waals surface area (Å²) in [7, 11) is 0. The number of imidazole rings is 1. The van der Waals surface area contributed by atoms with Gasteiger partial charge in [0.15, 0.2) is 0 Å². The number of para-hydroxylation sites is 1. The number of amides is 1. The van der Waals surface area contributed by atoms with E-state index in [9.17, 15) is 4.79 Å². The summed E-state index contributed by atoms with van der Waals surface area (Å²) in [4.78, 5) is 25.4. The Hall–Kier alpha value is -4.13. The van der Waals surface area contributed by atoms with Crippen LogP contribution in [0.2, 0.25) is 0 Å². The van der Waals surface area contributed by atoms with Crippen LogP contribution < -0.4 is 11.1 Å². The summed E-state index contributed by atoms with van der Waals surface area (Å²) in [6, 6.07) is 19.7. The number of fused-ring (bicyclic) bond motifs is 2. The van der Waals surface area contributed by atoms with E-state index in [2.05, 4.69) is 37.9 Å². The van der Waals surface area contributed by atoms with Gasteiger partial charge in [-0.05, 0) is 55.9 Å². The van der Waals surface area contributed by atoms with Crippen molar-refractivity contribution in [2.24, 2.45) is 5.92 Å². The fourth-order valence-electron chi connectivity index (χ4n) is 5.32. The molecule has 1 aliphatic rings. The van der Waals surface area contributed by atoms with Crippen LogP contribution in [0.1, 0.15) is 47.8 Å². The predicted molar refractivity (Wildman–Crippen MR) is 138 cm³/mol. The first kappa shape index (κ1) is 21.4. The van der Waals surface area contributed by atoms with Crippen molar-refractivity contribution in [2.45, 2.75) is 31.6 Å². The van der Waals surface area contributed by atoms with Crippen molar-refractivity contribution >= 4 is 28.1 Å². The van der Waals surface area contributed by atoms with Gasteiger partial charge in [0.25, 0.3) is 5.91 Å². The number of rotatable bonds is 5. The molecule has 0 atom stereocenters. The molecule has 0 bridgehead atoms. The van der Waals surface area contributed by atoms with Crippen molar-refractivity contribution in [3.8, 4) is 11.4 Å². The average Bonchev–Trinajstić information content (AvgIpc) is 3.51. The largest absolute Gasteiger partial charge is 0.382 e. The highest BCUT2D eigenvalue weighted by molar-refractivity contribution is 5.94. The van der Waals surface area contributed by atoms with Gasteiger partial charge in [-0.25, -0.2) is 9.97 Å². The molecular formula is C28H28N6O. The van der Waals surface area contributed by atoms with Crippen LogP contribution in [-0.4, -0.2) is 31.8 Å². The molecule has 35 heavy (non-hydrogen) atoms. The molecule has 7 nitrogen and oxygen atoms in total. The molecule has 1 saturated carbocycles. The summed E-state index contributed by atoms with van der Waals surface area (Å²) < 4.78 is 2.12. The van der Waals surface area contributed by atoms with Crippen molar-refractivity contribution in [3.63, 3.8) is 0 Å². The van der Waals surface area contributed by atoms with Gasteiger partial charge in [-0.15, -0.1) is 0 Å². The lowest BCUT2D eigenvalue weighted by Gasteiger charge is -2.28. The second kappa shape index (κ2) is 8.91. The van der Waals surface area contributed by atoms with E-state index in [0.29, 0.717) is 29.8 Å². The lowest BCUT2D eigenvalue weighted by Crippen LogP contribution is -2.31. The van der Waals surface area contributed by atoms with Gasteiger partial charge < -0.3 is 16.0 Å². The second-order valence-corrected chi connectivity index (χ2v) is 9.41. The van der Waals surface area contributed by atoms with Crippen molar-refractivity contribution in [3.05, 3.63) is 84.4 Å². The Morgan fingerprint density at radius 1 is 1.06 bits per heavy atom. The Bertz CT molecular complexity index is 1460. The fraction of sp³-hybridized carbons (Fsp3) is 0.250. The van der Waals surface area contributed by atoms with Gasteiger partial charge in [0.1, 0.15) is 22.9 Å². The van der Waals surface area contributed by atoms with E-state index in [0.717, 1.165) is 59.3 Å². The molecule has 1 fully saturated rings. The number of nitrogens with zero attached hydrogens (tertiary/aromatic N) is 3. The number of hydrogen-bond acceptors (Lipinski definition) is 4.